The number of amides is 1. The van der Waals surface area contributed by atoms with Gasteiger partial charge in [-0.1, -0.05) is 37.2 Å². The van der Waals surface area contributed by atoms with Crippen LogP contribution in [0.15, 0.2) is 76.7 Å². The molecule has 0 unspecified atom stereocenters. The van der Waals surface area contributed by atoms with Crippen molar-refractivity contribution in [3.05, 3.63) is 83.7 Å². The van der Waals surface area contributed by atoms with Gasteiger partial charge in [-0.25, -0.2) is 9.97 Å². The average Bonchev–Trinajstić information content (AvgIpc) is 2.76. The number of carbonyl (C=O) groups excluding carboxylic acids is 1. The van der Waals surface area contributed by atoms with Crippen LogP contribution in [0.25, 0.3) is 11.0 Å². The van der Waals surface area contributed by atoms with Crippen molar-refractivity contribution in [2.75, 3.05) is 5.32 Å². The van der Waals surface area contributed by atoms with E-state index >= 15 is 0 Å². The molecule has 0 saturated heterocycles. The van der Waals surface area contributed by atoms with Gasteiger partial charge in [0.15, 0.2) is 5.65 Å². The highest BCUT2D eigenvalue weighted by Gasteiger charge is 2.10. The number of nitrogens with two attached hydrogens (primary N) is 1. The van der Waals surface area contributed by atoms with Crippen LogP contribution in [0.4, 0.5) is 11.4 Å². The van der Waals surface area contributed by atoms with E-state index in [2.05, 4.69) is 54.5 Å². The number of hydrogen-bond donors (Lipinski definition) is 2. The van der Waals surface area contributed by atoms with Gasteiger partial charge >= 0.3 is 0 Å². The molecular formula is C25H24N4OS. The van der Waals surface area contributed by atoms with Crippen LogP contribution in [0.3, 0.4) is 0 Å². The van der Waals surface area contributed by atoms with Crippen LogP contribution in [0.5, 0.6) is 0 Å². The van der Waals surface area contributed by atoms with Crippen LogP contribution < -0.4 is 11.1 Å². The van der Waals surface area contributed by atoms with Gasteiger partial charge in [-0.2, -0.15) is 0 Å². The number of carbonyl (C=O) groups is 1. The number of nitrogens with zero attached hydrogens (tertiary/aromatic N) is 2. The summed E-state index contributed by atoms with van der Waals surface area (Å²) in [5.74, 6) is -0.428. The van der Waals surface area contributed by atoms with Crippen LogP contribution in [0.1, 0.15) is 35.0 Å². The minimum Gasteiger partial charge on any atom is -0.366 e. The van der Waals surface area contributed by atoms with E-state index in [1.165, 1.54) is 0 Å². The van der Waals surface area contributed by atoms with Gasteiger partial charge in [0, 0.05) is 32.6 Å². The third-order valence-electron chi connectivity index (χ3n) is 4.92. The first-order valence-electron chi connectivity index (χ1n) is 10.2. The molecule has 4 rings (SSSR count). The monoisotopic (exact) mass is 428 g/mol. The molecule has 0 radical (unpaired) electrons. The molecule has 2 aromatic heterocycles. The van der Waals surface area contributed by atoms with Crippen molar-refractivity contribution in [1.29, 1.82) is 0 Å². The number of aryl methyl sites for hydroxylation is 2. The van der Waals surface area contributed by atoms with E-state index in [1.807, 2.05) is 24.3 Å². The Morgan fingerprint density at radius 3 is 2.74 bits per heavy atom. The zero-order valence-corrected chi connectivity index (χ0v) is 18.4. The van der Waals surface area contributed by atoms with Gasteiger partial charge in [-0.3, -0.25) is 4.79 Å². The minimum atomic E-state index is -0.428. The molecule has 2 aromatic carbocycles. The molecule has 0 fully saturated rings. The van der Waals surface area contributed by atoms with Gasteiger partial charge in [-0.05, 0) is 67.4 Å². The van der Waals surface area contributed by atoms with Crippen LogP contribution in [0, 0.1) is 6.92 Å². The molecule has 0 saturated carbocycles. The number of pyridine rings is 2. The summed E-state index contributed by atoms with van der Waals surface area (Å²) >= 11 is 1.59. The van der Waals surface area contributed by atoms with E-state index in [9.17, 15) is 4.79 Å². The molecule has 31 heavy (non-hydrogen) atoms. The molecule has 156 valence electrons. The molecular weight excluding hydrogens is 404 g/mol. The lowest BCUT2D eigenvalue weighted by molar-refractivity contribution is 0.1000. The second-order valence-electron chi connectivity index (χ2n) is 7.40. The van der Waals surface area contributed by atoms with Gasteiger partial charge in [0.2, 0.25) is 5.91 Å². The Morgan fingerprint density at radius 1 is 1.06 bits per heavy atom. The van der Waals surface area contributed by atoms with Gasteiger partial charge < -0.3 is 11.1 Å². The highest BCUT2D eigenvalue weighted by atomic mass is 32.2. The van der Waals surface area contributed by atoms with Crippen molar-refractivity contribution in [2.24, 2.45) is 5.73 Å². The highest BCUT2D eigenvalue weighted by molar-refractivity contribution is 7.99. The Kier molecular flexibility index (Phi) is 6.18. The van der Waals surface area contributed by atoms with Gasteiger partial charge in [0.1, 0.15) is 0 Å². The van der Waals surface area contributed by atoms with Gasteiger partial charge in [0.05, 0.1) is 11.4 Å². The predicted molar refractivity (Wildman–Crippen MR) is 127 cm³/mol. The molecule has 6 heteroatoms. The summed E-state index contributed by atoms with van der Waals surface area (Å²) in [5, 5.41) is 4.55. The normalized spacial score (nSPS) is 10.9. The summed E-state index contributed by atoms with van der Waals surface area (Å²) in [5.41, 5.74) is 10.8. The summed E-state index contributed by atoms with van der Waals surface area (Å²) in [4.78, 5) is 22.7. The van der Waals surface area contributed by atoms with E-state index in [1.54, 1.807) is 24.0 Å². The Hall–Kier alpha value is -3.38. The average molecular weight is 429 g/mol. The lowest BCUT2D eigenvalue weighted by Crippen LogP contribution is -2.10. The van der Waals surface area contributed by atoms with Crippen LogP contribution in [-0.2, 0) is 6.42 Å². The molecule has 1 amide bonds. The van der Waals surface area contributed by atoms with Crippen molar-refractivity contribution in [3.63, 3.8) is 0 Å². The molecule has 5 nitrogen and oxygen atoms in total. The molecule has 3 N–H and O–H groups in total. The first-order chi connectivity index (χ1) is 15.0. The Labute approximate surface area is 186 Å². The van der Waals surface area contributed by atoms with Crippen molar-refractivity contribution >= 4 is 40.1 Å². The smallest absolute Gasteiger partial charge is 0.248 e. The molecule has 4 aromatic rings. The van der Waals surface area contributed by atoms with E-state index in [4.69, 9.17) is 10.7 Å². The third-order valence-corrected chi connectivity index (χ3v) is 5.98. The molecule has 2 heterocycles. The lowest BCUT2D eigenvalue weighted by Gasteiger charge is -2.15. The number of primary amides is 1. The minimum absolute atomic E-state index is 0.428. The molecule has 0 aliphatic carbocycles. The van der Waals surface area contributed by atoms with Crippen molar-refractivity contribution in [3.8, 4) is 0 Å². The predicted octanol–water partition coefficient (Wildman–Crippen LogP) is 5.88. The Morgan fingerprint density at radius 2 is 1.94 bits per heavy atom. The molecule has 0 aliphatic rings. The maximum atomic E-state index is 11.5. The van der Waals surface area contributed by atoms with E-state index in [-0.39, 0.29) is 0 Å². The number of rotatable bonds is 7. The topological polar surface area (TPSA) is 80.9 Å². The molecule has 0 spiro atoms. The van der Waals surface area contributed by atoms with Crippen LogP contribution in [0.2, 0.25) is 0 Å². The fourth-order valence-electron chi connectivity index (χ4n) is 3.39. The van der Waals surface area contributed by atoms with Crippen molar-refractivity contribution in [2.45, 2.75) is 36.5 Å². The van der Waals surface area contributed by atoms with E-state index in [0.717, 1.165) is 56.3 Å². The first-order valence-corrected chi connectivity index (χ1v) is 11.0. The standard InChI is InChI=1S/C25H24N4OS/c1-3-5-18-9-10-20-21(12-13-27-25(20)28-18)29-22-14-16(2)8-11-23(22)31-19-7-4-6-17(15-19)24(26)30/h4,6-15H,3,5H2,1-2H3,(H2,26,30)(H,27,28,29). The van der Waals surface area contributed by atoms with Crippen molar-refractivity contribution < 1.29 is 4.79 Å². The first kappa shape index (κ1) is 20.9. The summed E-state index contributed by atoms with van der Waals surface area (Å²) in [6.07, 6.45) is 3.78. The second-order valence-corrected chi connectivity index (χ2v) is 8.52. The lowest BCUT2D eigenvalue weighted by atomic mass is 10.1. The number of nitrogens with one attached hydrogen (secondary N) is 1. The van der Waals surface area contributed by atoms with Gasteiger partial charge in [0.25, 0.3) is 0 Å². The number of anilines is 2. The summed E-state index contributed by atoms with van der Waals surface area (Å²) < 4.78 is 0. The largest absolute Gasteiger partial charge is 0.366 e. The van der Waals surface area contributed by atoms with Crippen molar-refractivity contribution in [1.82, 2.24) is 9.97 Å². The zero-order chi connectivity index (χ0) is 21.8. The van der Waals surface area contributed by atoms with E-state index in [0.29, 0.717) is 5.56 Å². The number of fused-ring (bicyclic) bond motifs is 1. The SMILES string of the molecule is CCCc1ccc2c(Nc3cc(C)ccc3Sc3cccc(C(N)=O)c3)ccnc2n1. The van der Waals surface area contributed by atoms with Crippen LogP contribution in [-0.4, -0.2) is 15.9 Å². The summed E-state index contributed by atoms with van der Waals surface area (Å²) in [6, 6.07) is 19.8. The number of aromatic nitrogens is 2. The maximum absolute atomic E-state index is 11.5. The molecule has 0 bridgehead atoms. The zero-order valence-electron chi connectivity index (χ0n) is 17.6. The van der Waals surface area contributed by atoms with Crippen LogP contribution >= 0.6 is 11.8 Å². The second kappa shape index (κ2) is 9.18. The van der Waals surface area contributed by atoms with Gasteiger partial charge in [-0.15, -0.1) is 0 Å². The molecule has 0 aliphatic heterocycles. The number of hydrogen-bond acceptors (Lipinski definition) is 5. The Balaban J connectivity index is 1.68. The fourth-order valence-corrected chi connectivity index (χ4v) is 4.33. The van der Waals surface area contributed by atoms with E-state index < -0.39 is 5.91 Å². The third kappa shape index (κ3) is 4.86. The summed E-state index contributed by atoms with van der Waals surface area (Å²) in [7, 11) is 0. The fraction of sp³-hybridized carbons (Fsp3) is 0.160. The summed E-state index contributed by atoms with van der Waals surface area (Å²) in [6.45, 7) is 4.21. The maximum Gasteiger partial charge on any atom is 0.248 e. The quantitative estimate of drug-likeness (QED) is 0.384. The Bertz CT molecular complexity index is 1260. The number of benzene rings is 2. The highest BCUT2D eigenvalue weighted by Crippen LogP contribution is 2.37. The molecule has 0 atom stereocenters.